The Morgan fingerprint density at radius 2 is 2.07 bits per heavy atom. The predicted molar refractivity (Wildman–Crippen MR) is 104 cm³/mol. The normalized spacial score (nSPS) is 19.0. The van der Waals surface area contributed by atoms with Crippen LogP contribution in [0.2, 0.25) is 0 Å². The van der Waals surface area contributed by atoms with Crippen molar-refractivity contribution < 1.29 is 19.1 Å². The summed E-state index contributed by atoms with van der Waals surface area (Å²) in [5, 5.41) is 19.4. The summed E-state index contributed by atoms with van der Waals surface area (Å²) in [6, 6.07) is 7.09. The number of hydrogen-bond donors (Lipinski definition) is 4. The maximum Gasteiger partial charge on any atom is 0.251 e. The summed E-state index contributed by atoms with van der Waals surface area (Å²) < 4.78 is 5.64. The van der Waals surface area contributed by atoms with E-state index in [0.29, 0.717) is 29.3 Å². The highest BCUT2D eigenvalue weighted by Crippen LogP contribution is 2.33. The highest BCUT2D eigenvalue weighted by molar-refractivity contribution is 6.00. The molecule has 148 valence electrons. The zero-order valence-corrected chi connectivity index (χ0v) is 15.7. The minimum atomic E-state index is -0.705. The van der Waals surface area contributed by atoms with Crippen molar-refractivity contribution in [3.05, 3.63) is 47.4 Å². The summed E-state index contributed by atoms with van der Waals surface area (Å²) in [4.78, 5) is 24.8. The van der Waals surface area contributed by atoms with E-state index in [1.165, 1.54) is 19.3 Å². The van der Waals surface area contributed by atoms with E-state index in [4.69, 9.17) is 4.42 Å². The average Bonchev–Trinajstić information content (AvgIpc) is 3.33. The van der Waals surface area contributed by atoms with Gasteiger partial charge in [0, 0.05) is 22.7 Å². The number of hydrogen-bond acceptors (Lipinski definition) is 5. The number of aliphatic hydroxyl groups is 1. The Bertz CT molecular complexity index is 911. The Kier molecular flexibility index (Phi) is 5.34. The molecule has 2 aromatic rings. The maximum absolute atomic E-state index is 12.7. The van der Waals surface area contributed by atoms with E-state index in [0.717, 1.165) is 23.9 Å². The Morgan fingerprint density at radius 3 is 2.86 bits per heavy atom. The van der Waals surface area contributed by atoms with Crippen molar-refractivity contribution in [3.8, 4) is 0 Å². The van der Waals surface area contributed by atoms with Crippen molar-refractivity contribution in [2.24, 2.45) is 0 Å². The molecular weight excluding hydrogens is 358 g/mol. The van der Waals surface area contributed by atoms with Crippen LogP contribution >= 0.6 is 0 Å². The van der Waals surface area contributed by atoms with Gasteiger partial charge in [-0.3, -0.25) is 9.59 Å². The Labute approximate surface area is 163 Å². The van der Waals surface area contributed by atoms with E-state index in [1.807, 2.05) is 24.3 Å². The molecule has 1 aliphatic heterocycles. The molecule has 7 heteroatoms. The molecule has 0 radical (unpaired) electrons. The van der Waals surface area contributed by atoms with E-state index in [9.17, 15) is 14.7 Å². The van der Waals surface area contributed by atoms with Crippen LogP contribution in [-0.4, -0.2) is 36.1 Å². The Morgan fingerprint density at radius 1 is 1.25 bits per heavy atom. The second-order valence-electron chi connectivity index (χ2n) is 7.40. The van der Waals surface area contributed by atoms with Gasteiger partial charge in [-0.2, -0.15) is 0 Å². The molecule has 1 atom stereocenters. The maximum atomic E-state index is 12.7. The molecule has 1 aromatic heterocycles. The smallest absolute Gasteiger partial charge is 0.251 e. The molecule has 4 N–H and O–H groups in total. The molecule has 1 unspecified atom stereocenters. The number of amides is 2. The summed E-state index contributed by atoms with van der Waals surface area (Å²) in [7, 11) is 0. The molecule has 2 heterocycles. The zero-order valence-electron chi connectivity index (χ0n) is 15.7. The van der Waals surface area contributed by atoms with E-state index in [2.05, 4.69) is 16.0 Å². The lowest BCUT2D eigenvalue weighted by atomic mass is 9.93. The van der Waals surface area contributed by atoms with Gasteiger partial charge in [-0.25, -0.2) is 0 Å². The molecule has 0 bridgehead atoms. The highest BCUT2D eigenvalue weighted by Gasteiger charge is 2.34. The minimum absolute atomic E-state index is 0.217. The number of rotatable bonds is 6. The number of benzene rings is 1. The van der Waals surface area contributed by atoms with Gasteiger partial charge in [-0.15, -0.1) is 0 Å². The molecular formula is C21H25N3O4. The van der Waals surface area contributed by atoms with Crippen molar-refractivity contribution in [2.45, 2.75) is 44.2 Å². The lowest BCUT2D eigenvalue weighted by Crippen LogP contribution is -2.36. The predicted octanol–water partition coefficient (Wildman–Crippen LogP) is 1.89. The van der Waals surface area contributed by atoms with Crippen molar-refractivity contribution in [1.29, 1.82) is 0 Å². The van der Waals surface area contributed by atoms with Gasteiger partial charge in [0.1, 0.15) is 12.2 Å². The number of fused-ring (bicyclic) bond motifs is 1. The van der Waals surface area contributed by atoms with Gasteiger partial charge in [-0.1, -0.05) is 37.5 Å². The molecule has 1 fully saturated rings. The van der Waals surface area contributed by atoms with Gasteiger partial charge in [0.2, 0.25) is 5.91 Å². The Hall–Kier alpha value is -2.80. The van der Waals surface area contributed by atoms with E-state index < -0.39 is 18.6 Å². The fourth-order valence-electron chi connectivity index (χ4n) is 4.18. The van der Waals surface area contributed by atoms with Gasteiger partial charge < -0.3 is 25.5 Å². The van der Waals surface area contributed by atoms with Crippen LogP contribution in [0.3, 0.4) is 0 Å². The summed E-state index contributed by atoms with van der Waals surface area (Å²) in [5.74, 6) is -0.761. The molecule has 1 aromatic carbocycles. The van der Waals surface area contributed by atoms with Gasteiger partial charge in [-0.05, 0) is 18.9 Å². The summed E-state index contributed by atoms with van der Waals surface area (Å²) >= 11 is 0. The molecule has 0 saturated heterocycles. The van der Waals surface area contributed by atoms with Gasteiger partial charge in [0.25, 0.3) is 5.91 Å². The van der Waals surface area contributed by atoms with Gasteiger partial charge >= 0.3 is 0 Å². The van der Waals surface area contributed by atoms with Crippen molar-refractivity contribution in [3.63, 3.8) is 0 Å². The van der Waals surface area contributed by atoms with Crippen LogP contribution in [0.25, 0.3) is 11.0 Å². The standard InChI is InChI=1S/C21H25N3O4/c25-12-17(26)24-19(15-8-4-5-13-9-10-28-20(13)15)18-16(11-22-21(18)27)23-14-6-2-1-3-7-14/h4-5,8-10,14,19,23,25H,1-3,6-7,11-12H2,(H,22,27)(H,24,26). The number of nitrogens with one attached hydrogen (secondary N) is 3. The Balaban J connectivity index is 1.75. The van der Waals surface area contributed by atoms with Crippen molar-refractivity contribution in [2.75, 3.05) is 13.2 Å². The van der Waals surface area contributed by atoms with Gasteiger partial charge in [0.05, 0.1) is 24.4 Å². The first-order chi connectivity index (χ1) is 13.7. The van der Waals surface area contributed by atoms with Crippen LogP contribution in [-0.2, 0) is 9.59 Å². The number of carbonyl (C=O) groups is 2. The van der Waals surface area contributed by atoms with E-state index >= 15 is 0 Å². The van der Waals surface area contributed by atoms with E-state index in [1.54, 1.807) is 6.26 Å². The highest BCUT2D eigenvalue weighted by atomic mass is 16.3. The molecule has 28 heavy (non-hydrogen) atoms. The SMILES string of the molecule is O=C(CO)NC(C1=C(NC2CCCCC2)CNC1=O)c1cccc2ccoc12. The van der Waals surface area contributed by atoms with Crippen LogP contribution in [0.4, 0.5) is 0 Å². The third-order valence-corrected chi connectivity index (χ3v) is 5.54. The molecule has 2 aliphatic rings. The minimum Gasteiger partial charge on any atom is -0.464 e. The summed E-state index contributed by atoms with van der Waals surface area (Å²) in [5.41, 5.74) is 2.61. The quantitative estimate of drug-likeness (QED) is 0.610. The number of para-hydroxylation sites is 1. The van der Waals surface area contributed by atoms with Crippen LogP contribution in [0.5, 0.6) is 0 Å². The zero-order chi connectivity index (χ0) is 19.5. The third-order valence-electron chi connectivity index (χ3n) is 5.54. The van der Waals surface area contributed by atoms with E-state index in [-0.39, 0.29) is 5.91 Å². The molecule has 1 aliphatic carbocycles. The first-order valence-corrected chi connectivity index (χ1v) is 9.81. The van der Waals surface area contributed by atoms with Crippen molar-refractivity contribution in [1.82, 2.24) is 16.0 Å². The number of furan rings is 1. The molecule has 0 spiro atoms. The largest absolute Gasteiger partial charge is 0.464 e. The number of carbonyl (C=O) groups excluding carboxylic acids is 2. The fraction of sp³-hybridized carbons (Fsp3) is 0.429. The summed E-state index contributed by atoms with van der Waals surface area (Å²) in [6.07, 6.45) is 7.34. The first-order valence-electron chi connectivity index (χ1n) is 9.81. The second-order valence-corrected chi connectivity index (χ2v) is 7.40. The second kappa shape index (κ2) is 8.06. The van der Waals surface area contributed by atoms with Crippen LogP contribution in [0, 0.1) is 0 Å². The summed E-state index contributed by atoms with van der Waals surface area (Å²) in [6.45, 7) is -0.241. The monoisotopic (exact) mass is 383 g/mol. The van der Waals surface area contributed by atoms with Crippen LogP contribution in [0.15, 0.2) is 46.2 Å². The average molecular weight is 383 g/mol. The first kappa shape index (κ1) is 18.6. The molecule has 4 rings (SSSR count). The topological polar surface area (TPSA) is 104 Å². The van der Waals surface area contributed by atoms with Crippen LogP contribution < -0.4 is 16.0 Å². The van der Waals surface area contributed by atoms with Crippen molar-refractivity contribution >= 4 is 22.8 Å². The lowest BCUT2D eigenvalue weighted by molar-refractivity contribution is -0.124. The molecule has 7 nitrogen and oxygen atoms in total. The molecule has 1 saturated carbocycles. The number of aliphatic hydroxyl groups excluding tert-OH is 1. The van der Waals surface area contributed by atoms with Crippen LogP contribution in [0.1, 0.15) is 43.7 Å². The lowest BCUT2D eigenvalue weighted by Gasteiger charge is -2.26. The third kappa shape index (κ3) is 3.62. The molecule has 2 amide bonds. The fourth-order valence-corrected chi connectivity index (χ4v) is 4.18. The van der Waals surface area contributed by atoms with Gasteiger partial charge in [0.15, 0.2) is 0 Å².